The van der Waals surface area contributed by atoms with Crippen LogP contribution in [0.5, 0.6) is 0 Å². The van der Waals surface area contributed by atoms with Crippen LogP contribution < -0.4 is 10.6 Å². The first-order chi connectivity index (χ1) is 11.4. The molecule has 5 heteroatoms. The molecule has 0 heterocycles. The highest BCUT2D eigenvalue weighted by Gasteiger charge is 2.15. The van der Waals surface area contributed by atoms with E-state index in [-0.39, 0.29) is 0 Å². The average molecular weight is 345 g/mol. The molecule has 0 fully saturated rings. The Morgan fingerprint density at radius 2 is 2.21 bits per heavy atom. The molecule has 0 atom stereocenters. The van der Waals surface area contributed by atoms with Gasteiger partial charge in [0.15, 0.2) is 0 Å². The minimum absolute atomic E-state index is 0.426. The lowest BCUT2D eigenvalue weighted by atomic mass is 10.0. The fourth-order valence-electron chi connectivity index (χ4n) is 2.23. The molecular weight excluding hydrogens is 324 g/mol. The summed E-state index contributed by atoms with van der Waals surface area (Å²) < 4.78 is 0. The van der Waals surface area contributed by atoms with E-state index in [1.165, 1.54) is 0 Å². The number of nitrogens with one attached hydrogen (secondary N) is 2. The Morgan fingerprint density at radius 3 is 2.88 bits per heavy atom. The third-order valence-electron chi connectivity index (χ3n) is 3.66. The van der Waals surface area contributed by atoms with Crippen LogP contribution in [0.1, 0.15) is 32.3 Å². The number of hydrogen-bond donors (Lipinski definition) is 3. The lowest BCUT2D eigenvalue weighted by Gasteiger charge is -2.21. The highest BCUT2D eigenvalue weighted by Crippen LogP contribution is 2.22. The van der Waals surface area contributed by atoms with Crippen LogP contribution in [0.4, 0.5) is 5.69 Å². The predicted molar refractivity (Wildman–Crippen MR) is 98.1 cm³/mol. The summed E-state index contributed by atoms with van der Waals surface area (Å²) in [5, 5.41) is 16.2. The van der Waals surface area contributed by atoms with Gasteiger partial charge in [-0.15, -0.1) is 0 Å². The maximum atomic E-state index is 10.5. The number of aliphatic hydroxyl groups is 1. The minimum Gasteiger partial charge on any atom is -0.512 e. The van der Waals surface area contributed by atoms with Crippen molar-refractivity contribution >= 4 is 23.7 Å². The van der Waals surface area contributed by atoms with Crippen molar-refractivity contribution in [1.82, 2.24) is 5.32 Å². The Balaban J connectivity index is 2.04. The second-order valence-corrected chi connectivity index (χ2v) is 6.51. The molecule has 24 heavy (non-hydrogen) atoms. The number of allylic oxidation sites excluding steroid dienone is 2. The molecule has 2 rings (SSSR count). The minimum atomic E-state index is -0.426. The van der Waals surface area contributed by atoms with Crippen molar-refractivity contribution in [3.63, 3.8) is 0 Å². The summed E-state index contributed by atoms with van der Waals surface area (Å²) in [5.74, 6) is 6.70. The van der Waals surface area contributed by atoms with Gasteiger partial charge in [-0.2, -0.15) is 0 Å². The fraction of sp³-hybridized carbons (Fsp3) is 0.316. The lowest BCUT2D eigenvalue weighted by molar-refractivity contribution is -0.105. The van der Waals surface area contributed by atoms with Gasteiger partial charge in [0, 0.05) is 24.1 Å². The lowest BCUT2D eigenvalue weighted by Crippen LogP contribution is -2.39. The average Bonchev–Trinajstić information content (AvgIpc) is 2.55. The number of benzene rings is 1. The molecule has 1 aromatic carbocycles. The van der Waals surface area contributed by atoms with Gasteiger partial charge in [0.05, 0.1) is 22.0 Å². The van der Waals surface area contributed by atoms with E-state index in [9.17, 15) is 9.90 Å². The molecule has 0 aromatic heterocycles. The van der Waals surface area contributed by atoms with E-state index >= 15 is 0 Å². The van der Waals surface area contributed by atoms with Gasteiger partial charge in [0.1, 0.15) is 0 Å². The topological polar surface area (TPSA) is 61.4 Å². The van der Waals surface area contributed by atoms with Crippen molar-refractivity contribution in [2.75, 3.05) is 11.9 Å². The second-order valence-electron chi connectivity index (χ2n) is 6.10. The van der Waals surface area contributed by atoms with Gasteiger partial charge in [-0.3, -0.25) is 10.1 Å². The summed E-state index contributed by atoms with van der Waals surface area (Å²) >= 11 is 6.09. The van der Waals surface area contributed by atoms with E-state index < -0.39 is 5.54 Å². The second kappa shape index (κ2) is 8.05. The molecule has 0 bridgehead atoms. The first kappa shape index (κ1) is 18.1. The Hall–Kier alpha value is -2.22. The molecule has 0 spiro atoms. The maximum Gasteiger partial charge on any atom is 0.211 e. The van der Waals surface area contributed by atoms with Crippen LogP contribution in [0.2, 0.25) is 5.02 Å². The molecule has 1 amide bonds. The van der Waals surface area contributed by atoms with E-state index in [0.29, 0.717) is 35.8 Å². The largest absolute Gasteiger partial charge is 0.512 e. The van der Waals surface area contributed by atoms with Crippen LogP contribution in [-0.4, -0.2) is 23.6 Å². The molecule has 4 nitrogen and oxygen atoms in total. The van der Waals surface area contributed by atoms with Gasteiger partial charge < -0.3 is 10.4 Å². The van der Waals surface area contributed by atoms with Crippen molar-refractivity contribution < 1.29 is 9.90 Å². The first-order valence-electron chi connectivity index (χ1n) is 7.77. The molecular formula is C19H21ClN2O2. The molecule has 0 aliphatic heterocycles. The van der Waals surface area contributed by atoms with Gasteiger partial charge in [-0.25, -0.2) is 0 Å². The number of carbonyl (C=O) groups excluding carboxylic acids is 1. The predicted octanol–water partition coefficient (Wildman–Crippen LogP) is 3.79. The van der Waals surface area contributed by atoms with E-state index in [2.05, 4.69) is 28.6 Å². The smallest absolute Gasteiger partial charge is 0.211 e. The highest BCUT2D eigenvalue weighted by atomic mass is 35.5. The number of rotatable bonds is 5. The van der Waals surface area contributed by atoms with Crippen molar-refractivity contribution in [2.45, 2.75) is 32.2 Å². The van der Waals surface area contributed by atoms with Crippen molar-refractivity contribution in [3.8, 4) is 11.8 Å². The SMILES string of the molecule is CC(C)(C#Cc1ccc(NC=O)c(Cl)c1)NCC1=C(O)CCC=C1. The summed E-state index contributed by atoms with van der Waals surface area (Å²) in [4.78, 5) is 10.5. The Bertz CT molecular complexity index is 739. The molecule has 1 aromatic rings. The molecule has 0 saturated heterocycles. The summed E-state index contributed by atoms with van der Waals surface area (Å²) in [6.07, 6.45) is 6.18. The first-order valence-corrected chi connectivity index (χ1v) is 8.14. The zero-order chi connectivity index (χ0) is 17.6. The van der Waals surface area contributed by atoms with Crippen LogP contribution in [0.15, 0.2) is 41.7 Å². The summed E-state index contributed by atoms with van der Waals surface area (Å²) in [6.45, 7) is 4.52. The number of aliphatic hydroxyl groups excluding tert-OH is 1. The van der Waals surface area contributed by atoms with Crippen LogP contribution >= 0.6 is 11.6 Å². The normalized spacial score (nSPS) is 14.1. The Labute approximate surface area is 147 Å². The van der Waals surface area contributed by atoms with Crippen LogP contribution in [-0.2, 0) is 4.79 Å². The van der Waals surface area contributed by atoms with E-state index in [4.69, 9.17) is 11.6 Å². The van der Waals surface area contributed by atoms with Gasteiger partial charge in [0.25, 0.3) is 0 Å². The van der Waals surface area contributed by atoms with Gasteiger partial charge in [0.2, 0.25) is 6.41 Å². The number of anilines is 1. The summed E-state index contributed by atoms with van der Waals surface area (Å²) in [5.41, 5.74) is 1.81. The molecule has 0 radical (unpaired) electrons. The van der Waals surface area contributed by atoms with Crippen molar-refractivity contribution in [3.05, 3.63) is 52.3 Å². The van der Waals surface area contributed by atoms with Crippen molar-refractivity contribution in [1.29, 1.82) is 0 Å². The van der Waals surface area contributed by atoms with E-state index in [1.807, 2.05) is 19.9 Å². The van der Waals surface area contributed by atoms with Crippen LogP contribution in [0, 0.1) is 11.8 Å². The monoisotopic (exact) mass is 344 g/mol. The molecule has 1 aliphatic carbocycles. The number of hydrogen-bond acceptors (Lipinski definition) is 3. The van der Waals surface area contributed by atoms with E-state index in [0.717, 1.165) is 17.6 Å². The molecule has 126 valence electrons. The van der Waals surface area contributed by atoms with Crippen LogP contribution in [0.3, 0.4) is 0 Å². The fourth-order valence-corrected chi connectivity index (χ4v) is 2.46. The Kier molecular flexibility index (Phi) is 6.08. The molecule has 3 N–H and O–H groups in total. The standard InChI is InChI=1S/C19H21ClN2O2/c1-19(2,22-12-15-5-3-4-6-18(15)24)10-9-14-7-8-17(21-13-23)16(20)11-14/h3,5,7-8,11,13,22,24H,4,6,12H2,1-2H3,(H,21,23). The number of amides is 1. The third-order valence-corrected chi connectivity index (χ3v) is 3.97. The molecule has 0 unspecified atom stereocenters. The molecule has 1 aliphatic rings. The van der Waals surface area contributed by atoms with E-state index in [1.54, 1.807) is 18.2 Å². The van der Waals surface area contributed by atoms with Crippen LogP contribution in [0.25, 0.3) is 0 Å². The quantitative estimate of drug-likeness (QED) is 0.562. The van der Waals surface area contributed by atoms with Crippen molar-refractivity contribution in [2.24, 2.45) is 0 Å². The highest BCUT2D eigenvalue weighted by molar-refractivity contribution is 6.33. The zero-order valence-corrected chi connectivity index (χ0v) is 14.6. The zero-order valence-electron chi connectivity index (χ0n) is 13.8. The van der Waals surface area contributed by atoms with Gasteiger partial charge >= 0.3 is 0 Å². The summed E-state index contributed by atoms with van der Waals surface area (Å²) in [6, 6.07) is 5.24. The number of carbonyl (C=O) groups is 1. The Morgan fingerprint density at radius 1 is 1.42 bits per heavy atom. The van der Waals surface area contributed by atoms with Gasteiger partial charge in [-0.05, 0) is 38.5 Å². The molecule has 0 saturated carbocycles. The van der Waals surface area contributed by atoms with Gasteiger partial charge in [-0.1, -0.05) is 35.6 Å². The number of halogens is 1. The summed E-state index contributed by atoms with van der Waals surface area (Å²) in [7, 11) is 0. The third kappa shape index (κ3) is 5.16. The maximum absolute atomic E-state index is 10.5.